The monoisotopic (exact) mass is 332 g/mol. The minimum atomic E-state index is -0.0207. The molecule has 0 radical (unpaired) electrons. The number of ether oxygens (including phenoxy) is 2. The Balaban J connectivity index is 1.58. The summed E-state index contributed by atoms with van der Waals surface area (Å²) in [5.74, 6) is 1.49. The summed E-state index contributed by atoms with van der Waals surface area (Å²) in [6, 6.07) is 5.30. The Labute approximate surface area is 142 Å². The van der Waals surface area contributed by atoms with Gasteiger partial charge < -0.3 is 19.3 Å². The van der Waals surface area contributed by atoms with Crippen molar-refractivity contribution in [2.45, 2.75) is 26.2 Å². The number of piperazine rings is 1. The van der Waals surface area contributed by atoms with Crippen molar-refractivity contribution in [3.05, 3.63) is 23.8 Å². The van der Waals surface area contributed by atoms with Crippen LogP contribution in [-0.2, 0) is 4.79 Å². The van der Waals surface area contributed by atoms with Crippen molar-refractivity contribution in [1.29, 1.82) is 0 Å². The molecule has 0 saturated carbocycles. The van der Waals surface area contributed by atoms with Gasteiger partial charge in [-0.1, -0.05) is 13.3 Å². The molecule has 3 rings (SSSR count). The largest absolute Gasteiger partial charge is 0.486 e. The lowest BCUT2D eigenvalue weighted by Crippen LogP contribution is -2.50. The van der Waals surface area contributed by atoms with E-state index in [1.165, 1.54) is 0 Å². The van der Waals surface area contributed by atoms with Crippen LogP contribution in [0.25, 0.3) is 0 Å². The first-order valence-electron chi connectivity index (χ1n) is 8.65. The van der Waals surface area contributed by atoms with Crippen LogP contribution in [0.3, 0.4) is 0 Å². The summed E-state index contributed by atoms with van der Waals surface area (Å²) in [7, 11) is 0. The molecule has 2 aliphatic rings. The van der Waals surface area contributed by atoms with Gasteiger partial charge >= 0.3 is 0 Å². The summed E-state index contributed by atoms with van der Waals surface area (Å²) in [5.41, 5.74) is 0.602. The molecule has 1 aromatic rings. The predicted octanol–water partition coefficient (Wildman–Crippen LogP) is 1.93. The zero-order chi connectivity index (χ0) is 16.9. The quantitative estimate of drug-likeness (QED) is 0.845. The Morgan fingerprint density at radius 2 is 1.67 bits per heavy atom. The number of hydrogen-bond acceptors (Lipinski definition) is 4. The first-order chi connectivity index (χ1) is 11.7. The molecule has 2 heterocycles. The number of fused-ring (bicyclic) bond motifs is 1. The number of unbranched alkanes of at least 4 members (excludes halogenated alkanes) is 1. The lowest BCUT2D eigenvalue weighted by molar-refractivity contribution is -0.132. The molecule has 2 aliphatic heterocycles. The van der Waals surface area contributed by atoms with E-state index in [1.54, 1.807) is 23.1 Å². The topological polar surface area (TPSA) is 59.1 Å². The number of carbonyl (C=O) groups is 2. The second kappa shape index (κ2) is 7.55. The highest BCUT2D eigenvalue weighted by molar-refractivity contribution is 5.95. The van der Waals surface area contributed by atoms with Gasteiger partial charge in [0.1, 0.15) is 13.2 Å². The Kier molecular flexibility index (Phi) is 5.23. The van der Waals surface area contributed by atoms with Crippen LogP contribution < -0.4 is 9.47 Å². The first kappa shape index (κ1) is 16.6. The summed E-state index contributed by atoms with van der Waals surface area (Å²) >= 11 is 0. The van der Waals surface area contributed by atoms with E-state index in [0.29, 0.717) is 62.9 Å². The molecule has 1 aromatic carbocycles. The molecule has 0 spiro atoms. The fourth-order valence-corrected chi connectivity index (χ4v) is 3.00. The third kappa shape index (κ3) is 3.63. The lowest BCUT2D eigenvalue weighted by Gasteiger charge is -2.35. The molecular weight excluding hydrogens is 308 g/mol. The Morgan fingerprint density at radius 1 is 1.00 bits per heavy atom. The van der Waals surface area contributed by atoms with Crippen LogP contribution in [0.4, 0.5) is 0 Å². The van der Waals surface area contributed by atoms with Crippen molar-refractivity contribution in [1.82, 2.24) is 9.80 Å². The Morgan fingerprint density at radius 3 is 2.38 bits per heavy atom. The van der Waals surface area contributed by atoms with Gasteiger partial charge in [-0.2, -0.15) is 0 Å². The van der Waals surface area contributed by atoms with Crippen LogP contribution >= 0.6 is 0 Å². The van der Waals surface area contributed by atoms with E-state index in [-0.39, 0.29) is 11.8 Å². The van der Waals surface area contributed by atoms with E-state index in [0.717, 1.165) is 12.8 Å². The van der Waals surface area contributed by atoms with Crippen molar-refractivity contribution in [3.63, 3.8) is 0 Å². The summed E-state index contributed by atoms with van der Waals surface area (Å²) in [5, 5.41) is 0. The molecule has 1 fully saturated rings. The van der Waals surface area contributed by atoms with Crippen LogP contribution in [0.1, 0.15) is 36.5 Å². The van der Waals surface area contributed by atoms with Gasteiger partial charge in [-0.3, -0.25) is 9.59 Å². The van der Waals surface area contributed by atoms with Crippen molar-refractivity contribution >= 4 is 11.8 Å². The number of nitrogens with zero attached hydrogens (tertiary/aromatic N) is 2. The minimum Gasteiger partial charge on any atom is -0.486 e. The molecular formula is C18H24N2O4. The van der Waals surface area contributed by atoms with E-state index < -0.39 is 0 Å². The van der Waals surface area contributed by atoms with E-state index in [9.17, 15) is 9.59 Å². The van der Waals surface area contributed by atoms with Crippen molar-refractivity contribution in [3.8, 4) is 11.5 Å². The van der Waals surface area contributed by atoms with Gasteiger partial charge in [0.15, 0.2) is 11.5 Å². The molecule has 0 N–H and O–H groups in total. The van der Waals surface area contributed by atoms with E-state index in [4.69, 9.17) is 9.47 Å². The molecule has 0 aromatic heterocycles. The number of carbonyl (C=O) groups excluding carboxylic acids is 2. The number of benzene rings is 1. The Bertz CT molecular complexity index is 609. The van der Waals surface area contributed by atoms with E-state index >= 15 is 0 Å². The molecule has 0 aliphatic carbocycles. The van der Waals surface area contributed by atoms with E-state index in [1.807, 2.05) is 4.90 Å². The predicted molar refractivity (Wildman–Crippen MR) is 89.4 cm³/mol. The molecule has 2 amide bonds. The number of hydrogen-bond donors (Lipinski definition) is 0. The maximum atomic E-state index is 12.7. The zero-order valence-corrected chi connectivity index (χ0v) is 14.1. The maximum Gasteiger partial charge on any atom is 0.254 e. The highest BCUT2D eigenvalue weighted by Crippen LogP contribution is 2.31. The average Bonchev–Trinajstić information content (AvgIpc) is 2.65. The summed E-state index contributed by atoms with van der Waals surface area (Å²) in [6.07, 6.45) is 2.55. The number of amides is 2. The molecule has 24 heavy (non-hydrogen) atoms. The highest BCUT2D eigenvalue weighted by Gasteiger charge is 2.25. The standard InChI is InChI=1S/C18H24N2O4/c1-2-3-4-17(21)19-7-9-20(10-8-19)18(22)14-5-6-15-16(13-14)24-12-11-23-15/h5-6,13H,2-4,7-12H2,1H3. The molecule has 0 unspecified atom stereocenters. The second-order valence-corrected chi connectivity index (χ2v) is 6.13. The molecule has 0 atom stereocenters. The summed E-state index contributed by atoms with van der Waals surface area (Å²) in [4.78, 5) is 28.4. The van der Waals surface area contributed by atoms with Crippen LogP contribution in [0, 0.1) is 0 Å². The zero-order valence-electron chi connectivity index (χ0n) is 14.1. The van der Waals surface area contributed by atoms with Gasteiger partial charge in [0.25, 0.3) is 5.91 Å². The van der Waals surface area contributed by atoms with Crippen LogP contribution in [0.15, 0.2) is 18.2 Å². The lowest BCUT2D eigenvalue weighted by atomic mass is 10.1. The SMILES string of the molecule is CCCCC(=O)N1CCN(C(=O)c2ccc3c(c2)OCCO3)CC1. The molecule has 0 bridgehead atoms. The maximum absolute atomic E-state index is 12.7. The molecule has 1 saturated heterocycles. The van der Waals surface area contributed by atoms with Gasteiger partial charge in [0.2, 0.25) is 5.91 Å². The van der Waals surface area contributed by atoms with Crippen LogP contribution in [0.5, 0.6) is 11.5 Å². The normalized spacial score (nSPS) is 16.9. The van der Waals surface area contributed by atoms with Gasteiger partial charge in [0.05, 0.1) is 0 Å². The van der Waals surface area contributed by atoms with E-state index in [2.05, 4.69) is 6.92 Å². The van der Waals surface area contributed by atoms with Crippen LogP contribution in [0.2, 0.25) is 0 Å². The Hall–Kier alpha value is -2.24. The first-order valence-corrected chi connectivity index (χ1v) is 8.65. The fraction of sp³-hybridized carbons (Fsp3) is 0.556. The van der Waals surface area contributed by atoms with Crippen molar-refractivity contribution in [2.75, 3.05) is 39.4 Å². The minimum absolute atomic E-state index is 0.0207. The smallest absolute Gasteiger partial charge is 0.254 e. The third-order valence-electron chi connectivity index (χ3n) is 4.45. The third-order valence-corrected chi connectivity index (χ3v) is 4.45. The van der Waals surface area contributed by atoms with Gasteiger partial charge in [-0.05, 0) is 24.6 Å². The van der Waals surface area contributed by atoms with Crippen LogP contribution in [-0.4, -0.2) is 61.0 Å². The van der Waals surface area contributed by atoms with Gasteiger partial charge in [0, 0.05) is 38.2 Å². The average molecular weight is 332 g/mol. The number of rotatable bonds is 4. The summed E-state index contributed by atoms with van der Waals surface area (Å²) < 4.78 is 11.0. The summed E-state index contributed by atoms with van der Waals surface area (Å²) in [6.45, 7) is 5.49. The van der Waals surface area contributed by atoms with Crippen molar-refractivity contribution < 1.29 is 19.1 Å². The fourth-order valence-electron chi connectivity index (χ4n) is 3.00. The molecule has 130 valence electrons. The second-order valence-electron chi connectivity index (χ2n) is 6.13. The molecule has 6 heteroatoms. The van der Waals surface area contributed by atoms with Gasteiger partial charge in [-0.25, -0.2) is 0 Å². The van der Waals surface area contributed by atoms with Gasteiger partial charge in [-0.15, -0.1) is 0 Å². The molecule has 6 nitrogen and oxygen atoms in total. The van der Waals surface area contributed by atoms with Crippen molar-refractivity contribution in [2.24, 2.45) is 0 Å². The highest BCUT2D eigenvalue weighted by atomic mass is 16.6.